The summed E-state index contributed by atoms with van der Waals surface area (Å²) >= 11 is 5.97. The van der Waals surface area contributed by atoms with Gasteiger partial charge in [0.2, 0.25) is 0 Å². The molecule has 0 amide bonds. The van der Waals surface area contributed by atoms with E-state index in [0.29, 0.717) is 38.9 Å². The first kappa shape index (κ1) is 26.0. The number of para-hydroxylation sites is 2. The van der Waals surface area contributed by atoms with Crippen molar-refractivity contribution in [1.82, 2.24) is 9.55 Å². The molecule has 0 unspecified atom stereocenters. The first-order chi connectivity index (χ1) is 17.6. The number of esters is 1. The monoisotopic (exact) mass is 522 g/mol. The Morgan fingerprint density at radius 2 is 1.62 bits per heavy atom. The van der Waals surface area contributed by atoms with E-state index in [0.717, 1.165) is 5.56 Å². The molecule has 9 heteroatoms. The van der Waals surface area contributed by atoms with Gasteiger partial charge in [-0.15, -0.1) is 0 Å². The van der Waals surface area contributed by atoms with E-state index < -0.39 is 17.7 Å². The number of rotatable bonds is 7. The lowest BCUT2D eigenvalue weighted by atomic mass is 10.2. The van der Waals surface area contributed by atoms with E-state index in [1.54, 1.807) is 57.2 Å². The van der Waals surface area contributed by atoms with Gasteiger partial charge in [-0.05, 0) is 68.8 Å². The summed E-state index contributed by atoms with van der Waals surface area (Å²) in [5.74, 6) is 0.549. The summed E-state index contributed by atoms with van der Waals surface area (Å²) in [7, 11) is 1.31. The molecule has 0 spiro atoms. The molecule has 0 radical (unpaired) electrons. The number of aromatic nitrogens is 2. The van der Waals surface area contributed by atoms with Crippen molar-refractivity contribution < 1.29 is 28.5 Å². The van der Waals surface area contributed by atoms with Gasteiger partial charge >= 0.3 is 12.1 Å². The Labute approximate surface area is 219 Å². The van der Waals surface area contributed by atoms with Crippen LogP contribution in [0.4, 0.5) is 4.79 Å². The smallest absolute Gasteiger partial charge is 0.420 e. The molecular formula is C28H27ClN2O6. The molecule has 1 heterocycles. The van der Waals surface area contributed by atoms with Gasteiger partial charge in [0, 0.05) is 5.02 Å². The molecule has 0 aliphatic rings. The van der Waals surface area contributed by atoms with Crippen LogP contribution >= 0.6 is 11.6 Å². The molecule has 0 saturated carbocycles. The van der Waals surface area contributed by atoms with Crippen molar-refractivity contribution in [2.45, 2.75) is 39.6 Å². The highest BCUT2D eigenvalue weighted by Crippen LogP contribution is 2.31. The van der Waals surface area contributed by atoms with Crippen molar-refractivity contribution in [2.24, 2.45) is 0 Å². The summed E-state index contributed by atoms with van der Waals surface area (Å²) in [6.45, 7) is 5.56. The number of methoxy groups -OCH3 is 1. The predicted octanol–water partition coefficient (Wildman–Crippen LogP) is 6.42. The van der Waals surface area contributed by atoms with Crippen LogP contribution in [0.1, 0.15) is 42.5 Å². The lowest BCUT2D eigenvalue weighted by Crippen LogP contribution is -2.28. The third kappa shape index (κ3) is 6.40. The number of hydrogen-bond acceptors (Lipinski definition) is 7. The average Bonchev–Trinajstić information content (AvgIpc) is 3.24. The fourth-order valence-corrected chi connectivity index (χ4v) is 3.68. The number of halogens is 1. The number of hydrogen-bond donors (Lipinski definition) is 0. The number of nitrogens with zero attached hydrogens (tertiary/aromatic N) is 2. The zero-order chi connectivity index (χ0) is 26.6. The van der Waals surface area contributed by atoms with Crippen molar-refractivity contribution in [1.29, 1.82) is 0 Å². The van der Waals surface area contributed by atoms with Crippen molar-refractivity contribution in [3.63, 3.8) is 0 Å². The van der Waals surface area contributed by atoms with Crippen LogP contribution in [0.25, 0.3) is 11.0 Å². The molecule has 0 saturated heterocycles. The maximum absolute atomic E-state index is 13.0. The van der Waals surface area contributed by atoms with Gasteiger partial charge in [-0.1, -0.05) is 35.9 Å². The van der Waals surface area contributed by atoms with Gasteiger partial charge in [-0.25, -0.2) is 19.1 Å². The largest absolute Gasteiger partial charge is 0.485 e. The molecule has 0 bridgehead atoms. The van der Waals surface area contributed by atoms with E-state index in [4.69, 9.17) is 30.5 Å². The third-order valence-electron chi connectivity index (χ3n) is 5.24. The molecule has 0 aliphatic carbocycles. The van der Waals surface area contributed by atoms with E-state index >= 15 is 0 Å². The summed E-state index contributed by atoms with van der Waals surface area (Å²) in [6.07, 6.45) is -0.556. The Hall–Kier alpha value is -4.04. The maximum atomic E-state index is 13.0. The minimum absolute atomic E-state index is 0.0528. The molecule has 37 heavy (non-hydrogen) atoms. The second-order valence-corrected chi connectivity index (χ2v) is 9.63. The van der Waals surface area contributed by atoms with Crippen LogP contribution in [0.3, 0.4) is 0 Å². The quantitative estimate of drug-likeness (QED) is 0.259. The molecule has 0 N–H and O–H groups in total. The number of benzene rings is 3. The number of ether oxygens (including phenoxy) is 4. The second kappa shape index (κ2) is 10.9. The Kier molecular flexibility index (Phi) is 7.69. The Bertz CT molecular complexity index is 1420. The highest BCUT2D eigenvalue weighted by Gasteiger charge is 2.24. The molecule has 8 nitrogen and oxygen atoms in total. The Morgan fingerprint density at radius 1 is 0.919 bits per heavy atom. The number of fused-ring (bicyclic) bond motifs is 1. The summed E-state index contributed by atoms with van der Waals surface area (Å²) in [5, 5.41) is 0.619. The summed E-state index contributed by atoms with van der Waals surface area (Å²) in [5.41, 5.74) is 1.74. The van der Waals surface area contributed by atoms with Gasteiger partial charge in [0.15, 0.2) is 17.3 Å². The maximum Gasteiger partial charge on any atom is 0.420 e. The standard InChI is InChI=1S/C28H27ClN2O6/c1-28(2,3)37-27(33)31-22-8-6-5-7-21(22)30-25(31)17-36-23-14-11-19(26(32)34-4)15-24(23)35-16-18-9-12-20(29)13-10-18/h5-15H,16-17H2,1-4H3. The van der Waals surface area contributed by atoms with E-state index in [2.05, 4.69) is 4.98 Å². The second-order valence-electron chi connectivity index (χ2n) is 9.19. The van der Waals surface area contributed by atoms with Crippen LogP contribution in [0.15, 0.2) is 66.7 Å². The zero-order valence-electron chi connectivity index (χ0n) is 21.0. The lowest BCUT2D eigenvalue weighted by Gasteiger charge is -2.20. The highest BCUT2D eigenvalue weighted by atomic mass is 35.5. The van der Waals surface area contributed by atoms with Crippen LogP contribution in [0.5, 0.6) is 11.5 Å². The molecule has 4 aromatic rings. The third-order valence-corrected chi connectivity index (χ3v) is 5.49. The molecule has 0 fully saturated rings. The summed E-state index contributed by atoms with van der Waals surface area (Å²) in [6, 6.07) is 19.2. The Morgan fingerprint density at radius 3 is 2.32 bits per heavy atom. The van der Waals surface area contributed by atoms with Crippen molar-refractivity contribution in [3.05, 3.63) is 88.7 Å². The normalized spacial score (nSPS) is 11.3. The average molecular weight is 523 g/mol. The lowest BCUT2D eigenvalue weighted by molar-refractivity contribution is 0.0531. The van der Waals surface area contributed by atoms with Crippen LogP contribution in [-0.2, 0) is 22.7 Å². The van der Waals surface area contributed by atoms with Gasteiger partial charge in [-0.2, -0.15) is 0 Å². The van der Waals surface area contributed by atoms with Gasteiger partial charge in [-0.3, -0.25) is 0 Å². The molecule has 0 aliphatic heterocycles. The summed E-state index contributed by atoms with van der Waals surface area (Å²) < 4.78 is 23.9. The SMILES string of the molecule is COC(=O)c1ccc(OCc2nc3ccccc3n2C(=O)OC(C)(C)C)c(OCc2ccc(Cl)cc2)c1. The molecule has 192 valence electrons. The van der Waals surface area contributed by atoms with Crippen LogP contribution in [0, 0.1) is 0 Å². The molecule has 4 rings (SSSR count). The molecule has 0 atom stereocenters. The fourth-order valence-electron chi connectivity index (χ4n) is 3.55. The highest BCUT2D eigenvalue weighted by molar-refractivity contribution is 6.30. The van der Waals surface area contributed by atoms with Crippen molar-refractivity contribution in [2.75, 3.05) is 7.11 Å². The number of carbonyl (C=O) groups excluding carboxylic acids is 2. The van der Waals surface area contributed by atoms with E-state index in [-0.39, 0.29) is 13.2 Å². The molecular weight excluding hydrogens is 496 g/mol. The number of imidazole rings is 1. The zero-order valence-corrected chi connectivity index (χ0v) is 21.7. The van der Waals surface area contributed by atoms with E-state index in [1.165, 1.54) is 11.7 Å². The minimum Gasteiger partial charge on any atom is -0.485 e. The van der Waals surface area contributed by atoms with Gasteiger partial charge in [0.05, 0.1) is 23.7 Å². The Balaban J connectivity index is 1.62. The van der Waals surface area contributed by atoms with Gasteiger partial charge in [0.1, 0.15) is 18.8 Å². The van der Waals surface area contributed by atoms with E-state index in [9.17, 15) is 9.59 Å². The van der Waals surface area contributed by atoms with E-state index in [1.807, 2.05) is 30.3 Å². The fraction of sp³-hybridized carbons (Fsp3) is 0.250. The predicted molar refractivity (Wildman–Crippen MR) is 139 cm³/mol. The molecule has 3 aromatic carbocycles. The number of carbonyl (C=O) groups is 2. The first-order valence-corrected chi connectivity index (χ1v) is 11.9. The van der Waals surface area contributed by atoms with Crippen molar-refractivity contribution >= 4 is 34.7 Å². The van der Waals surface area contributed by atoms with Crippen LogP contribution < -0.4 is 9.47 Å². The van der Waals surface area contributed by atoms with Gasteiger partial charge < -0.3 is 18.9 Å². The van der Waals surface area contributed by atoms with Crippen LogP contribution in [-0.4, -0.2) is 34.3 Å². The van der Waals surface area contributed by atoms with Crippen LogP contribution in [0.2, 0.25) is 5.02 Å². The summed E-state index contributed by atoms with van der Waals surface area (Å²) in [4.78, 5) is 29.7. The van der Waals surface area contributed by atoms with Crippen molar-refractivity contribution in [3.8, 4) is 11.5 Å². The molecule has 1 aromatic heterocycles. The van der Waals surface area contributed by atoms with Gasteiger partial charge in [0.25, 0.3) is 0 Å². The first-order valence-electron chi connectivity index (χ1n) is 11.6. The topological polar surface area (TPSA) is 88.9 Å². The minimum atomic E-state index is -0.688.